The van der Waals surface area contributed by atoms with E-state index >= 15 is 0 Å². The van der Waals surface area contributed by atoms with Crippen LogP contribution in [-0.4, -0.2) is 32.3 Å². The van der Waals surface area contributed by atoms with Gasteiger partial charge in [0.15, 0.2) is 0 Å². The maximum absolute atomic E-state index is 12.9. The lowest BCUT2D eigenvalue weighted by atomic mass is 10.2. The van der Waals surface area contributed by atoms with Gasteiger partial charge in [0, 0.05) is 6.42 Å². The fraction of sp³-hybridized carbons (Fsp3) is 0.500. The topological polar surface area (TPSA) is 47.6 Å². The quantitative estimate of drug-likeness (QED) is 0.770. The van der Waals surface area contributed by atoms with Gasteiger partial charge in [-0.1, -0.05) is 6.92 Å². The number of hydrogen-bond acceptors (Lipinski definition) is 4. The molecular formula is C14H20FNO3. The number of halogens is 1. The molecule has 0 aromatic heterocycles. The van der Waals surface area contributed by atoms with Gasteiger partial charge in [0.2, 0.25) is 0 Å². The molecule has 0 amide bonds. The van der Waals surface area contributed by atoms with E-state index in [1.54, 1.807) is 13.0 Å². The summed E-state index contributed by atoms with van der Waals surface area (Å²) < 4.78 is 23.2. The number of ether oxygens (including phenoxy) is 2. The number of hydrogen-bond donors (Lipinski definition) is 1. The zero-order valence-electron chi connectivity index (χ0n) is 11.5. The van der Waals surface area contributed by atoms with Crippen molar-refractivity contribution >= 4 is 5.97 Å². The minimum absolute atomic E-state index is 0.287. The third-order valence-corrected chi connectivity index (χ3v) is 2.74. The van der Waals surface area contributed by atoms with Gasteiger partial charge in [-0.3, -0.25) is 4.79 Å². The zero-order chi connectivity index (χ0) is 14.3. The SMILES string of the molecule is CCNC(CCOc1ccc(F)cc1C)C(=O)OC. The smallest absolute Gasteiger partial charge is 0.322 e. The van der Waals surface area contributed by atoms with Gasteiger partial charge in [0.25, 0.3) is 0 Å². The molecule has 0 spiro atoms. The number of nitrogens with one attached hydrogen (secondary N) is 1. The Hall–Kier alpha value is -1.62. The first-order chi connectivity index (χ1) is 9.08. The van der Waals surface area contributed by atoms with Gasteiger partial charge >= 0.3 is 5.97 Å². The van der Waals surface area contributed by atoms with Crippen LogP contribution in [0.2, 0.25) is 0 Å². The summed E-state index contributed by atoms with van der Waals surface area (Å²) in [4.78, 5) is 11.5. The number of carbonyl (C=O) groups is 1. The monoisotopic (exact) mass is 269 g/mol. The van der Waals surface area contributed by atoms with E-state index in [0.29, 0.717) is 25.3 Å². The Balaban J connectivity index is 2.49. The Bertz CT molecular complexity index is 423. The van der Waals surface area contributed by atoms with E-state index in [1.165, 1.54) is 19.2 Å². The predicted octanol–water partition coefficient (Wildman–Crippen LogP) is 2.05. The highest BCUT2D eigenvalue weighted by Gasteiger charge is 2.17. The lowest BCUT2D eigenvalue weighted by Crippen LogP contribution is -2.38. The molecule has 0 aliphatic carbocycles. The molecule has 5 heteroatoms. The Morgan fingerprint density at radius 3 is 2.79 bits per heavy atom. The molecule has 0 aliphatic heterocycles. The first-order valence-corrected chi connectivity index (χ1v) is 6.28. The van der Waals surface area contributed by atoms with Crippen molar-refractivity contribution in [3.05, 3.63) is 29.6 Å². The van der Waals surface area contributed by atoms with Gasteiger partial charge < -0.3 is 14.8 Å². The summed E-state index contributed by atoms with van der Waals surface area (Å²) in [6.07, 6.45) is 0.497. The van der Waals surface area contributed by atoms with Crippen LogP contribution in [0.5, 0.6) is 5.75 Å². The average Bonchev–Trinajstić information content (AvgIpc) is 2.39. The first-order valence-electron chi connectivity index (χ1n) is 6.28. The number of aryl methyl sites for hydroxylation is 1. The van der Waals surface area contributed by atoms with Crippen molar-refractivity contribution in [1.82, 2.24) is 5.32 Å². The molecule has 0 heterocycles. The first kappa shape index (κ1) is 15.4. The van der Waals surface area contributed by atoms with Crippen molar-refractivity contribution in [3.63, 3.8) is 0 Å². The third-order valence-electron chi connectivity index (χ3n) is 2.74. The average molecular weight is 269 g/mol. The molecule has 1 unspecified atom stereocenters. The van der Waals surface area contributed by atoms with Gasteiger partial charge in [-0.05, 0) is 37.2 Å². The Labute approximate surface area is 112 Å². The van der Waals surface area contributed by atoms with E-state index in [9.17, 15) is 9.18 Å². The van der Waals surface area contributed by atoms with Crippen molar-refractivity contribution in [3.8, 4) is 5.75 Å². The Morgan fingerprint density at radius 1 is 1.47 bits per heavy atom. The summed E-state index contributed by atoms with van der Waals surface area (Å²) in [5.41, 5.74) is 0.734. The van der Waals surface area contributed by atoms with Crippen LogP contribution in [0, 0.1) is 12.7 Å². The zero-order valence-corrected chi connectivity index (χ0v) is 11.5. The second-order valence-electron chi connectivity index (χ2n) is 4.18. The molecule has 0 aliphatic rings. The summed E-state index contributed by atoms with van der Waals surface area (Å²) in [5, 5.41) is 3.03. The highest BCUT2D eigenvalue weighted by atomic mass is 19.1. The molecule has 0 radical (unpaired) electrons. The highest BCUT2D eigenvalue weighted by Crippen LogP contribution is 2.18. The van der Waals surface area contributed by atoms with Crippen LogP contribution >= 0.6 is 0 Å². The fourth-order valence-corrected chi connectivity index (χ4v) is 1.75. The summed E-state index contributed by atoms with van der Waals surface area (Å²) >= 11 is 0. The van der Waals surface area contributed by atoms with Crippen LogP contribution in [0.4, 0.5) is 4.39 Å². The van der Waals surface area contributed by atoms with Gasteiger partial charge in [0.05, 0.1) is 13.7 Å². The molecule has 0 saturated carbocycles. The maximum atomic E-state index is 12.9. The number of carbonyl (C=O) groups excluding carboxylic acids is 1. The van der Waals surface area contributed by atoms with Gasteiger partial charge in [-0.25, -0.2) is 4.39 Å². The minimum atomic E-state index is -0.379. The molecule has 1 N–H and O–H groups in total. The van der Waals surface area contributed by atoms with E-state index in [-0.39, 0.29) is 17.8 Å². The van der Waals surface area contributed by atoms with Crippen molar-refractivity contribution in [2.75, 3.05) is 20.3 Å². The Morgan fingerprint density at radius 2 is 2.21 bits per heavy atom. The maximum Gasteiger partial charge on any atom is 0.322 e. The second kappa shape index (κ2) is 7.74. The number of benzene rings is 1. The van der Waals surface area contributed by atoms with Crippen molar-refractivity contribution < 1.29 is 18.7 Å². The third kappa shape index (κ3) is 4.87. The molecule has 4 nitrogen and oxygen atoms in total. The van der Waals surface area contributed by atoms with E-state index in [2.05, 4.69) is 5.32 Å². The van der Waals surface area contributed by atoms with E-state index < -0.39 is 0 Å². The summed E-state index contributed by atoms with van der Waals surface area (Å²) in [7, 11) is 1.36. The normalized spacial score (nSPS) is 12.0. The largest absolute Gasteiger partial charge is 0.493 e. The van der Waals surface area contributed by atoms with Crippen molar-refractivity contribution in [2.45, 2.75) is 26.3 Å². The van der Waals surface area contributed by atoms with Crippen LogP contribution in [0.1, 0.15) is 18.9 Å². The molecule has 1 aromatic carbocycles. The molecule has 0 fully saturated rings. The Kier molecular flexibility index (Phi) is 6.29. The van der Waals surface area contributed by atoms with E-state index in [1.807, 2.05) is 6.92 Å². The molecule has 1 atom stereocenters. The van der Waals surface area contributed by atoms with Gasteiger partial charge in [0.1, 0.15) is 17.6 Å². The molecule has 19 heavy (non-hydrogen) atoms. The van der Waals surface area contributed by atoms with Crippen molar-refractivity contribution in [1.29, 1.82) is 0 Å². The molecule has 0 bridgehead atoms. The van der Waals surface area contributed by atoms with Crippen LogP contribution in [0.25, 0.3) is 0 Å². The van der Waals surface area contributed by atoms with Crippen molar-refractivity contribution in [2.24, 2.45) is 0 Å². The number of likely N-dealkylation sites (N-methyl/N-ethyl adjacent to an activating group) is 1. The molecule has 1 rings (SSSR count). The predicted molar refractivity (Wildman–Crippen MR) is 70.7 cm³/mol. The minimum Gasteiger partial charge on any atom is -0.493 e. The lowest BCUT2D eigenvalue weighted by Gasteiger charge is -2.16. The van der Waals surface area contributed by atoms with Crippen LogP contribution in [-0.2, 0) is 9.53 Å². The van der Waals surface area contributed by atoms with Crippen LogP contribution < -0.4 is 10.1 Å². The highest BCUT2D eigenvalue weighted by molar-refractivity contribution is 5.75. The number of rotatable bonds is 7. The molecular weight excluding hydrogens is 249 g/mol. The van der Waals surface area contributed by atoms with Crippen LogP contribution in [0.15, 0.2) is 18.2 Å². The summed E-state index contributed by atoms with van der Waals surface area (Å²) in [6, 6.07) is 3.98. The fourth-order valence-electron chi connectivity index (χ4n) is 1.75. The van der Waals surface area contributed by atoms with Crippen LogP contribution in [0.3, 0.4) is 0 Å². The summed E-state index contributed by atoms with van der Waals surface area (Å²) in [6.45, 7) is 4.73. The lowest BCUT2D eigenvalue weighted by molar-refractivity contribution is -0.143. The van der Waals surface area contributed by atoms with Gasteiger partial charge in [-0.2, -0.15) is 0 Å². The van der Waals surface area contributed by atoms with Gasteiger partial charge in [-0.15, -0.1) is 0 Å². The standard InChI is InChI=1S/C14H20FNO3/c1-4-16-12(14(17)18-3)7-8-19-13-6-5-11(15)9-10(13)2/h5-6,9,12,16H,4,7-8H2,1-3H3. The molecule has 1 aromatic rings. The van der Waals surface area contributed by atoms with E-state index in [0.717, 1.165) is 5.56 Å². The number of methoxy groups -OCH3 is 1. The number of esters is 1. The second-order valence-corrected chi connectivity index (χ2v) is 4.18. The van der Waals surface area contributed by atoms with E-state index in [4.69, 9.17) is 9.47 Å². The molecule has 106 valence electrons. The summed E-state index contributed by atoms with van der Waals surface area (Å²) in [5.74, 6) is 0.0349. The molecule has 0 saturated heterocycles.